The van der Waals surface area contributed by atoms with Gasteiger partial charge in [0, 0.05) is 17.4 Å². The summed E-state index contributed by atoms with van der Waals surface area (Å²) in [4.78, 5) is 20.8. The van der Waals surface area contributed by atoms with Crippen LogP contribution in [0.2, 0.25) is 10.0 Å². The van der Waals surface area contributed by atoms with Crippen LogP contribution >= 0.6 is 23.2 Å². The van der Waals surface area contributed by atoms with Crippen LogP contribution in [0, 0.1) is 6.92 Å². The highest BCUT2D eigenvalue weighted by molar-refractivity contribution is 6.31. The Kier molecular flexibility index (Phi) is 3.53. The molecule has 0 saturated heterocycles. The van der Waals surface area contributed by atoms with E-state index in [1.54, 1.807) is 41.8 Å². The first-order chi connectivity index (χ1) is 10.0. The summed E-state index contributed by atoms with van der Waals surface area (Å²) in [6.07, 6.45) is 3.17. The minimum atomic E-state index is -0.322. The maximum Gasteiger partial charge on any atom is 0.275 e. The smallest absolute Gasteiger partial charge is 0.275 e. The van der Waals surface area contributed by atoms with Gasteiger partial charge in [0.2, 0.25) is 0 Å². The van der Waals surface area contributed by atoms with Crippen LogP contribution in [0.5, 0.6) is 0 Å². The van der Waals surface area contributed by atoms with Gasteiger partial charge >= 0.3 is 0 Å². The SMILES string of the molecule is Cc1nc2ccc(Cl)cn2c1C(=O)Nc1cc(Cl)ccn1. The number of hydrogen-bond donors (Lipinski definition) is 1. The summed E-state index contributed by atoms with van der Waals surface area (Å²) >= 11 is 11.8. The van der Waals surface area contributed by atoms with Crippen molar-refractivity contribution in [2.45, 2.75) is 6.92 Å². The van der Waals surface area contributed by atoms with Crippen molar-refractivity contribution in [2.24, 2.45) is 0 Å². The second kappa shape index (κ2) is 5.35. The maximum atomic E-state index is 12.4. The Hall–Kier alpha value is -2.11. The number of aromatic nitrogens is 3. The van der Waals surface area contributed by atoms with Gasteiger partial charge in [0.05, 0.1) is 10.7 Å². The van der Waals surface area contributed by atoms with Crippen molar-refractivity contribution in [1.82, 2.24) is 14.4 Å². The fourth-order valence-electron chi connectivity index (χ4n) is 2.06. The number of amides is 1. The fraction of sp³-hybridized carbons (Fsp3) is 0.0714. The van der Waals surface area contributed by atoms with Crippen molar-refractivity contribution < 1.29 is 4.79 Å². The van der Waals surface area contributed by atoms with E-state index in [-0.39, 0.29) is 5.91 Å². The van der Waals surface area contributed by atoms with Gasteiger partial charge in [-0.15, -0.1) is 0 Å². The van der Waals surface area contributed by atoms with Gasteiger partial charge in [0.15, 0.2) is 0 Å². The number of rotatable bonds is 2. The number of nitrogens with zero attached hydrogens (tertiary/aromatic N) is 3. The third-order valence-electron chi connectivity index (χ3n) is 2.94. The lowest BCUT2D eigenvalue weighted by Crippen LogP contribution is -2.16. The standard InChI is InChI=1S/C14H10Cl2N4O/c1-8-13(20-7-10(16)2-3-12(20)18-8)14(21)19-11-6-9(15)4-5-17-11/h2-7H,1H3,(H,17,19,21). The average Bonchev–Trinajstić information content (AvgIpc) is 2.74. The van der Waals surface area contributed by atoms with Gasteiger partial charge in [0.1, 0.15) is 17.2 Å². The number of aryl methyl sites for hydroxylation is 1. The molecule has 7 heteroatoms. The van der Waals surface area contributed by atoms with E-state index in [2.05, 4.69) is 15.3 Å². The monoisotopic (exact) mass is 320 g/mol. The topological polar surface area (TPSA) is 59.3 Å². The van der Waals surface area contributed by atoms with E-state index in [1.165, 1.54) is 6.20 Å². The van der Waals surface area contributed by atoms with E-state index >= 15 is 0 Å². The van der Waals surface area contributed by atoms with Crippen molar-refractivity contribution in [2.75, 3.05) is 5.32 Å². The Morgan fingerprint density at radius 2 is 2.05 bits per heavy atom. The average molecular weight is 321 g/mol. The molecule has 3 aromatic rings. The molecule has 3 heterocycles. The van der Waals surface area contributed by atoms with Crippen molar-refractivity contribution in [3.05, 3.63) is 58.1 Å². The molecule has 106 valence electrons. The van der Waals surface area contributed by atoms with Crippen LogP contribution in [0.1, 0.15) is 16.2 Å². The molecule has 0 saturated carbocycles. The molecule has 0 spiro atoms. The summed E-state index contributed by atoms with van der Waals surface area (Å²) in [5.41, 5.74) is 1.67. The van der Waals surface area contributed by atoms with E-state index in [1.807, 2.05) is 0 Å². The summed E-state index contributed by atoms with van der Waals surface area (Å²) in [6.45, 7) is 1.77. The van der Waals surface area contributed by atoms with Gasteiger partial charge in [-0.25, -0.2) is 9.97 Å². The van der Waals surface area contributed by atoms with Crippen molar-refractivity contribution in [3.8, 4) is 0 Å². The second-order valence-corrected chi connectivity index (χ2v) is 5.31. The minimum Gasteiger partial charge on any atom is -0.305 e. The highest BCUT2D eigenvalue weighted by Gasteiger charge is 2.17. The molecule has 3 aromatic heterocycles. The second-order valence-electron chi connectivity index (χ2n) is 4.43. The first kappa shape index (κ1) is 13.9. The third kappa shape index (κ3) is 2.70. The molecule has 0 radical (unpaired) electrons. The molecule has 0 bridgehead atoms. The molecule has 0 unspecified atom stereocenters. The van der Waals surface area contributed by atoms with Crippen LogP contribution in [0.15, 0.2) is 36.7 Å². The van der Waals surface area contributed by atoms with Gasteiger partial charge in [-0.2, -0.15) is 0 Å². The van der Waals surface area contributed by atoms with E-state index < -0.39 is 0 Å². The van der Waals surface area contributed by atoms with Gasteiger partial charge < -0.3 is 5.32 Å². The minimum absolute atomic E-state index is 0.322. The van der Waals surface area contributed by atoms with E-state index in [0.717, 1.165) is 0 Å². The molecule has 0 aliphatic rings. The van der Waals surface area contributed by atoms with Crippen molar-refractivity contribution in [1.29, 1.82) is 0 Å². The van der Waals surface area contributed by atoms with Crippen LogP contribution < -0.4 is 5.32 Å². The fourth-order valence-corrected chi connectivity index (χ4v) is 2.38. The molecular weight excluding hydrogens is 311 g/mol. The summed E-state index contributed by atoms with van der Waals surface area (Å²) in [7, 11) is 0. The molecule has 0 atom stereocenters. The summed E-state index contributed by atoms with van der Waals surface area (Å²) in [6, 6.07) is 6.69. The number of anilines is 1. The van der Waals surface area contributed by atoms with Crippen LogP contribution in [0.4, 0.5) is 5.82 Å². The molecule has 1 amide bonds. The predicted molar refractivity (Wildman–Crippen MR) is 82.1 cm³/mol. The van der Waals surface area contributed by atoms with Crippen molar-refractivity contribution >= 4 is 40.6 Å². The number of imidazole rings is 1. The third-order valence-corrected chi connectivity index (χ3v) is 3.39. The lowest BCUT2D eigenvalue weighted by molar-refractivity contribution is 0.102. The zero-order chi connectivity index (χ0) is 15.0. The van der Waals surface area contributed by atoms with Gasteiger partial charge in [-0.3, -0.25) is 9.20 Å². The number of hydrogen-bond acceptors (Lipinski definition) is 3. The zero-order valence-corrected chi connectivity index (χ0v) is 12.5. The van der Waals surface area contributed by atoms with E-state index in [4.69, 9.17) is 23.2 Å². The normalized spacial score (nSPS) is 10.8. The van der Waals surface area contributed by atoms with E-state index in [9.17, 15) is 4.79 Å². The summed E-state index contributed by atoms with van der Waals surface area (Å²) in [5, 5.41) is 3.72. The number of nitrogens with one attached hydrogen (secondary N) is 1. The molecule has 0 aliphatic heterocycles. The van der Waals surface area contributed by atoms with Crippen LogP contribution in [-0.2, 0) is 0 Å². The number of fused-ring (bicyclic) bond motifs is 1. The highest BCUT2D eigenvalue weighted by Crippen LogP contribution is 2.18. The maximum absolute atomic E-state index is 12.4. The molecule has 5 nitrogen and oxygen atoms in total. The number of carbonyl (C=O) groups excluding carboxylic acids is 1. The largest absolute Gasteiger partial charge is 0.305 e. The quantitative estimate of drug-likeness (QED) is 0.784. The van der Waals surface area contributed by atoms with Crippen LogP contribution in [-0.4, -0.2) is 20.3 Å². The molecule has 3 rings (SSSR count). The molecule has 0 aromatic carbocycles. The Morgan fingerprint density at radius 1 is 1.24 bits per heavy atom. The Morgan fingerprint density at radius 3 is 2.81 bits per heavy atom. The highest BCUT2D eigenvalue weighted by atomic mass is 35.5. The Bertz CT molecular complexity index is 844. The first-order valence-electron chi connectivity index (χ1n) is 6.12. The lowest BCUT2D eigenvalue weighted by atomic mass is 10.3. The Balaban J connectivity index is 2.01. The lowest BCUT2D eigenvalue weighted by Gasteiger charge is -2.05. The number of pyridine rings is 2. The van der Waals surface area contributed by atoms with Gasteiger partial charge in [-0.1, -0.05) is 23.2 Å². The molecule has 0 fully saturated rings. The molecule has 1 N–H and O–H groups in total. The molecular formula is C14H10Cl2N4O. The summed E-state index contributed by atoms with van der Waals surface area (Å²) < 4.78 is 1.65. The molecule has 0 aliphatic carbocycles. The molecule has 21 heavy (non-hydrogen) atoms. The van der Waals surface area contributed by atoms with E-state index in [0.29, 0.717) is 32.9 Å². The van der Waals surface area contributed by atoms with Gasteiger partial charge in [-0.05, 0) is 31.2 Å². The first-order valence-corrected chi connectivity index (χ1v) is 6.87. The predicted octanol–water partition coefficient (Wildman–Crippen LogP) is 3.60. The van der Waals surface area contributed by atoms with Gasteiger partial charge in [0.25, 0.3) is 5.91 Å². The Labute approximate surface area is 130 Å². The van der Waals surface area contributed by atoms with Crippen LogP contribution in [0.25, 0.3) is 5.65 Å². The number of halogens is 2. The van der Waals surface area contributed by atoms with Crippen LogP contribution in [0.3, 0.4) is 0 Å². The van der Waals surface area contributed by atoms with Crippen molar-refractivity contribution in [3.63, 3.8) is 0 Å². The summed E-state index contributed by atoms with van der Waals surface area (Å²) in [5.74, 6) is 0.0564. The zero-order valence-electron chi connectivity index (χ0n) is 11.0. The number of carbonyl (C=O) groups is 1.